The van der Waals surface area contributed by atoms with Crippen LogP contribution in [0.3, 0.4) is 0 Å². The van der Waals surface area contributed by atoms with Gasteiger partial charge in [-0.15, -0.1) is 0 Å². The number of aliphatic imine (C=N–C) groups is 3. The van der Waals surface area contributed by atoms with Crippen molar-refractivity contribution in [2.45, 2.75) is 73.6 Å². The number of ketones is 1. The summed E-state index contributed by atoms with van der Waals surface area (Å²) in [5.74, 6) is 0.784. The van der Waals surface area contributed by atoms with Crippen LogP contribution in [0.4, 0.5) is 0 Å². The molecule has 5 heteroatoms. The molecule has 0 radical (unpaired) electrons. The molecule has 5 nitrogen and oxygen atoms in total. The summed E-state index contributed by atoms with van der Waals surface area (Å²) in [5, 5.41) is 11.2. The second kappa shape index (κ2) is 9.65. The second-order valence-electron chi connectivity index (χ2n) is 11.7. The minimum absolute atomic E-state index is 0.0948. The molecular formula is C35H37N3O2. The van der Waals surface area contributed by atoms with Crippen molar-refractivity contribution in [3.8, 4) is 0 Å². The third kappa shape index (κ3) is 3.97. The van der Waals surface area contributed by atoms with Crippen LogP contribution in [0.1, 0.15) is 73.6 Å². The van der Waals surface area contributed by atoms with E-state index in [2.05, 4.69) is 52.5 Å². The van der Waals surface area contributed by atoms with Gasteiger partial charge in [0.05, 0.1) is 28.5 Å². The van der Waals surface area contributed by atoms with Crippen molar-refractivity contribution in [3.63, 3.8) is 0 Å². The molecule has 6 aliphatic rings. The fourth-order valence-corrected chi connectivity index (χ4v) is 7.02. The number of Topliss-reactive ketones (excluding diaryl/α,β-unsaturated/α-hetero) is 1. The number of fused-ring (bicyclic) bond motifs is 5. The van der Waals surface area contributed by atoms with E-state index in [9.17, 15) is 9.90 Å². The highest BCUT2D eigenvalue weighted by molar-refractivity contribution is 6.21. The molecule has 2 atom stereocenters. The Kier molecular flexibility index (Phi) is 6.36. The average Bonchev–Trinajstić information content (AvgIpc) is 3.65. The van der Waals surface area contributed by atoms with Crippen molar-refractivity contribution in [2.75, 3.05) is 0 Å². The van der Waals surface area contributed by atoms with Crippen LogP contribution >= 0.6 is 0 Å². The van der Waals surface area contributed by atoms with Crippen molar-refractivity contribution >= 4 is 22.9 Å². The van der Waals surface area contributed by atoms with Crippen LogP contribution in [0.25, 0.3) is 0 Å². The first-order valence-electron chi connectivity index (χ1n) is 14.4. The molecule has 8 bridgehead atoms. The SMILES string of the molecule is C=CC1=C(C)C2=CC3=NC(=C4CC(O)=C5C4=NC(=C5C)C=C4N=C(C=C1C2)C(C)=C4CC)[C@@H](CCC(C)=O)[C@H]3C. The predicted octanol–water partition coefficient (Wildman–Crippen LogP) is 8.10. The molecule has 0 saturated heterocycles. The lowest BCUT2D eigenvalue weighted by Crippen LogP contribution is -2.16. The van der Waals surface area contributed by atoms with E-state index < -0.39 is 0 Å². The molecule has 4 heterocycles. The number of nitrogens with zero attached hydrogens (tertiary/aromatic N) is 3. The molecule has 0 aromatic carbocycles. The maximum Gasteiger partial charge on any atom is 0.129 e. The van der Waals surface area contributed by atoms with Crippen molar-refractivity contribution in [3.05, 3.63) is 104 Å². The molecule has 0 spiro atoms. The van der Waals surface area contributed by atoms with Crippen LogP contribution in [0.15, 0.2) is 119 Å². The Morgan fingerprint density at radius 3 is 2.52 bits per heavy atom. The molecule has 0 amide bonds. The fraction of sp³-hybridized carbons (Fsp3) is 0.371. The van der Waals surface area contributed by atoms with Gasteiger partial charge in [-0.3, -0.25) is 4.99 Å². The molecule has 204 valence electrons. The first-order chi connectivity index (χ1) is 19.1. The maximum atomic E-state index is 12.0. The Balaban J connectivity index is 1.62. The smallest absolute Gasteiger partial charge is 0.129 e. The summed E-state index contributed by atoms with van der Waals surface area (Å²) >= 11 is 0. The molecular weight excluding hydrogens is 494 g/mol. The maximum absolute atomic E-state index is 12.0. The normalized spacial score (nSPS) is 25.6. The zero-order valence-corrected chi connectivity index (χ0v) is 24.4. The summed E-state index contributed by atoms with van der Waals surface area (Å²) in [6.45, 7) is 16.5. The van der Waals surface area contributed by atoms with Gasteiger partial charge in [0.2, 0.25) is 0 Å². The molecule has 0 unspecified atom stereocenters. The molecule has 6 rings (SSSR count). The number of aliphatic hydroxyl groups excluding tert-OH is 1. The minimum atomic E-state index is 0.0948. The molecule has 0 aromatic heterocycles. The van der Waals surface area contributed by atoms with E-state index in [1.807, 2.05) is 13.0 Å². The topological polar surface area (TPSA) is 74.4 Å². The van der Waals surface area contributed by atoms with E-state index in [0.717, 1.165) is 75.8 Å². The number of allylic oxidation sites excluding steroid dienone is 14. The largest absolute Gasteiger partial charge is 0.511 e. The summed E-state index contributed by atoms with van der Waals surface area (Å²) in [5.41, 5.74) is 15.7. The van der Waals surface area contributed by atoms with Crippen LogP contribution in [0, 0.1) is 11.8 Å². The molecule has 0 fully saturated rings. The molecule has 0 aromatic rings. The van der Waals surface area contributed by atoms with Crippen molar-refractivity contribution in [2.24, 2.45) is 26.8 Å². The van der Waals surface area contributed by atoms with E-state index >= 15 is 0 Å². The molecule has 40 heavy (non-hydrogen) atoms. The molecule has 2 aliphatic carbocycles. The van der Waals surface area contributed by atoms with E-state index in [4.69, 9.17) is 15.0 Å². The van der Waals surface area contributed by atoms with Gasteiger partial charge in [0, 0.05) is 41.5 Å². The van der Waals surface area contributed by atoms with Crippen molar-refractivity contribution in [1.29, 1.82) is 0 Å². The number of aliphatic hydroxyl groups is 1. The Morgan fingerprint density at radius 1 is 1.05 bits per heavy atom. The van der Waals surface area contributed by atoms with E-state index in [1.54, 1.807) is 6.92 Å². The Morgan fingerprint density at radius 2 is 1.82 bits per heavy atom. The van der Waals surface area contributed by atoms with Crippen LogP contribution in [-0.2, 0) is 4.79 Å². The molecule has 0 saturated carbocycles. The number of carbonyl (C=O) groups excluding carboxylic acids is 1. The van der Waals surface area contributed by atoms with Gasteiger partial charge >= 0.3 is 0 Å². The van der Waals surface area contributed by atoms with Gasteiger partial charge in [-0.05, 0) is 104 Å². The van der Waals surface area contributed by atoms with Gasteiger partial charge in [-0.1, -0.05) is 26.5 Å². The highest BCUT2D eigenvalue weighted by atomic mass is 16.3. The number of hydrogen-bond donors (Lipinski definition) is 1. The number of carbonyl (C=O) groups is 1. The second-order valence-corrected chi connectivity index (χ2v) is 11.7. The molecule has 1 N–H and O–H groups in total. The van der Waals surface area contributed by atoms with Crippen LogP contribution in [0.2, 0.25) is 0 Å². The van der Waals surface area contributed by atoms with Crippen molar-refractivity contribution in [1.82, 2.24) is 0 Å². The van der Waals surface area contributed by atoms with E-state index in [1.165, 1.54) is 27.9 Å². The summed E-state index contributed by atoms with van der Waals surface area (Å²) in [6, 6.07) is 0. The lowest BCUT2D eigenvalue weighted by Gasteiger charge is -2.18. The van der Waals surface area contributed by atoms with Gasteiger partial charge < -0.3 is 9.90 Å². The van der Waals surface area contributed by atoms with E-state index in [0.29, 0.717) is 18.6 Å². The Labute approximate surface area is 237 Å². The van der Waals surface area contributed by atoms with Crippen LogP contribution in [-0.4, -0.2) is 28.0 Å². The third-order valence-corrected chi connectivity index (χ3v) is 9.40. The predicted molar refractivity (Wildman–Crippen MR) is 164 cm³/mol. The Hall–Kier alpha value is -3.86. The summed E-state index contributed by atoms with van der Waals surface area (Å²) in [6.07, 6.45) is 11.9. The first-order valence-corrected chi connectivity index (χ1v) is 14.4. The van der Waals surface area contributed by atoms with Gasteiger partial charge in [-0.2, -0.15) is 0 Å². The zero-order chi connectivity index (χ0) is 28.5. The van der Waals surface area contributed by atoms with Gasteiger partial charge in [-0.25, -0.2) is 9.98 Å². The average molecular weight is 532 g/mol. The minimum Gasteiger partial charge on any atom is -0.511 e. The summed E-state index contributed by atoms with van der Waals surface area (Å²) in [4.78, 5) is 27.5. The van der Waals surface area contributed by atoms with Crippen LogP contribution in [0.5, 0.6) is 0 Å². The quantitative estimate of drug-likeness (QED) is 0.389. The van der Waals surface area contributed by atoms with Gasteiger partial charge in [0.1, 0.15) is 11.5 Å². The monoisotopic (exact) mass is 531 g/mol. The highest BCUT2D eigenvalue weighted by Crippen LogP contribution is 2.47. The van der Waals surface area contributed by atoms with Crippen LogP contribution < -0.4 is 0 Å². The number of rotatable bonds is 5. The Bertz CT molecular complexity index is 1650. The van der Waals surface area contributed by atoms with Crippen molar-refractivity contribution < 1.29 is 9.90 Å². The van der Waals surface area contributed by atoms with E-state index in [-0.39, 0.29) is 17.6 Å². The lowest BCUT2D eigenvalue weighted by molar-refractivity contribution is -0.117. The summed E-state index contributed by atoms with van der Waals surface area (Å²) in [7, 11) is 0. The van der Waals surface area contributed by atoms with Gasteiger partial charge in [0.25, 0.3) is 0 Å². The van der Waals surface area contributed by atoms with Gasteiger partial charge in [0.15, 0.2) is 0 Å². The lowest BCUT2D eigenvalue weighted by atomic mass is 9.83. The third-order valence-electron chi connectivity index (χ3n) is 9.40. The fourth-order valence-electron chi connectivity index (χ4n) is 7.02. The first kappa shape index (κ1) is 26.4. The summed E-state index contributed by atoms with van der Waals surface area (Å²) < 4.78 is 0. The highest BCUT2D eigenvalue weighted by Gasteiger charge is 2.40. The standard InChI is InChI=1S/C35H37N3O2/c1-8-24-18(4)22-12-23(24)14-28-19(5)25(9-2)31(36-28)16-30-21(7)33-32(40)15-27(35(33)38-30)34-26(11-10-17(3)39)20(6)29(13-22)37-34/h8,13-14,16,20,26,40H,1,9-12,15H2,2-7H3/t20-,26+/m1/s1. The zero-order valence-electron chi connectivity index (χ0n) is 24.4. The molecule has 4 aliphatic heterocycles. The number of hydrogen-bond acceptors (Lipinski definition) is 5.